The van der Waals surface area contributed by atoms with Gasteiger partial charge in [-0.2, -0.15) is 5.10 Å². The smallest absolute Gasteiger partial charge is 0.273 e. The van der Waals surface area contributed by atoms with E-state index in [4.69, 9.17) is 0 Å². The first-order valence-corrected chi connectivity index (χ1v) is 7.26. The molecule has 5 nitrogen and oxygen atoms in total. The third-order valence-corrected chi connectivity index (χ3v) is 3.53. The van der Waals surface area contributed by atoms with E-state index < -0.39 is 0 Å². The molecular formula is C18H17N3O2. The minimum atomic E-state index is -0.276. The summed E-state index contributed by atoms with van der Waals surface area (Å²) in [6.45, 7) is 3.89. The highest BCUT2D eigenvalue weighted by molar-refractivity contribution is 6.03. The Morgan fingerprint density at radius 2 is 1.87 bits per heavy atom. The first-order valence-electron chi connectivity index (χ1n) is 7.26. The normalized spacial score (nSPS) is 10.5. The molecule has 23 heavy (non-hydrogen) atoms. The van der Waals surface area contributed by atoms with E-state index in [0.29, 0.717) is 17.0 Å². The number of benzene rings is 2. The van der Waals surface area contributed by atoms with E-state index in [-0.39, 0.29) is 11.7 Å². The van der Waals surface area contributed by atoms with Crippen LogP contribution in [0.15, 0.2) is 48.5 Å². The van der Waals surface area contributed by atoms with Gasteiger partial charge >= 0.3 is 0 Å². The number of aryl methyl sites for hydroxylation is 2. The number of nitrogens with zero attached hydrogens (tertiary/aromatic N) is 1. The molecule has 0 bridgehead atoms. The fraction of sp³-hybridized carbons (Fsp3) is 0.111. The van der Waals surface area contributed by atoms with Crippen LogP contribution in [0.1, 0.15) is 21.6 Å². The first-order chi connectivity index (χ1) is 11.0. The van der Waals surface area contributed by atoms with Crippen LogP contribution < -0.4 is 5.32 Å². The van der Waals surface area contributed by atoms with Gasteiger partial charge in [-0.1, -0.05) is 23.8 Å². The first kappa shape index (κ1) is 14.8. The van der Waals surface area contributed by atoms with E-state index in [9.17, 15) is 9.90 Å². The zero-order valence-electron chi connectivity index (χ0n) is 12.9. The predicted octanol–water partition coefficient (Wildman–Crippen LogP) is 3.65. The van der Waals surface area contributed by atoms with Crippen LogP contribution in [0.25, 0.3) is 11.3 Å². The van der Waals surface area contributed by atoms with Crippen LogP contribution in [0.2, 0.25) is 0 Å². The standard InChI is InChI=1S/C18H17N3O2/c1-11-4-3-5-13(8-11)19-18(23)16-10-15(20-21-16)14-9-12(2)6-7-17(14)22/h3-10,22H,1-2H3,(H,19,23)(H,20,21). The zero-order valence-corrected chi connectivity index (χ0v) is 12.9. The number of H-pyrrole nitrogens is 1. The summed E-state index contributed by atoms with van der Waals surface area (Å²) in [5, 5.41) is 19.6. The molecule has 0 saturated carbocycles. The van der Waals surface area contributed by atoms with Crippen molar-refractivity contribution in [1.29, 1.82) is 0 Å². The lowest BCUT2D eigenvalue weighted by molar-refractivity contribution is 0.102. The number of hydrogen-bond acceptors (Lipinski definition) is 3. The molecule has 0 spiro atoms. The maximum absolute atomic E-state index is 12.3. The predicted molar refractivity (Wildman–Crippen MR) is 89.6 cm³/mol. The fourth-order valence-corrected chi connectivity index (χ4v) is 2.35. The van der Waals surface area contributed by atoms with Gasteiger partial charge < -0.3 is 10.4 Å². The van der Waals surface area contributed by atoms with Crippen LogP contribution in [-0.2, 0) is 0 Å². The van der Waals surface area contributed by atoms with Crippen LogP contribution in [0.3, 0.4) is 0 Å². The van der Waals surface area contributed by atoms with Crippen LogP contribution in [0.5, 0.6) is 5.75 Å². The van der Waals surface area contributed by atoms with Crippen LogP contribution >= 0.6 is 0 Å². The minimum absolute atomic E-state index is 0.132. The van der Waals surface area contributed by atoms with E-state index in [0.717, 1.165) is 16.8 Å². The molecule has 0 aliphatic carbocycles. The number of aromatic nitrogens is 2. The number of amides is 1. The monoisotopic (exact) mass is 307 g/mol. The maximum atomic E-state index is 12.3. The van der Waals surface area contributed by atoms with E-state index in [1.54, 1.807) is 12.1 Å². The number of carbonyl (C=O) groups is 1. The molecule has 3 rings (SSSR count). The van der Waals surface area contributed by atoms with E-state index in [1.807, 2.05) is 50.2 Å². The van der Waals surface area contributed by atoms with Gasteiger partial charge in [0.05, 0.1) is 5.69 Å². The molecule has 3 aromatic rings. The summed E-state index contributed by atoms with van der Waals surface area (Å²) < 4.78 is 0. The Balaban J connectivity index is 1.84. The van der Waals surface area contributed by atoms with Gasteiger partial charge in [-0.25, -0.2) is 0 Å². The Hall–Kier alpha value is -3.08. The zero-order chi connectivity index (χ0) is 16.4. The Bertz CT molecular complexity index is 868. The number of phenols is 1. The number of aromatic amines is 1. The quantitative estimate of drug-likeness (QED) is 0.691. The molecule has 1 heterocycles. The van der Waals surface area contributed by atoms with Crippen molar-refractivity contribution in [3.05, 3.63) is 65.4 Å². The molecule has 1 amide bonds. The lowest BCUT2D eigenvalue weighted by atomic mass is 10.1. The topological polar surface area (TPSA) is 78.0 Å². The summed E-state index contributed by atoms with van der Waals surface area (Å²) in [5.41, 5.74) is 4.26. The Kier molecular flexibility index (Phi) is 3.85. The molecule has 0 unspecified atom stereocenters. The SMILES string of the molecule is Cc1cccc(NC(=O)c2cc(-c3cc(C)ccc3O)n[nH]2)c1. The van der Waals surface area contributed by atoms with Gasteiger partial charge in [0, 0.05) is 11.3 Å². The van der Waals surface area contributed by atoms with Crippen molar-refractivity contribution in [2.75, 3.05) is 5.32 Å². The highest BCUT2D eigenvalue weighted by atomic mass is 16.3. The highest BCUT2D eigenvalue weighted by Gasteiger charge is 2.13. The number of aromatic hydroxyl groups is 1. The third-order valence-electron chi connectivity index (χ3n) is 3.53. The molecule has 0 fully saturated rings. The Labute approximate surface area is 134 Å². The van der Waals surface area contributed by atoms with Gasteiger partial charge in [0.1, 0.15) is 11.4 Å². The summed E-state index contributed by atoms with van der Waals surface area (Å²) in [6.07, 6.45) is 0. The van der Waals surface area contributed by atoms with Crippen molar-refractivity contribution in [2.24, 2.45) is 0 Å². The molecule has 116 valence electrons. The number of carbonyl (C=O) groups excluding carboxylic acids is 1. The van der Waals surface area contributed by atoms with E-state index >= 15 is 0 Å². The van der Waals surface area contributed by atoms with Crippen LogP contribution in [-0.4, -0.2) is 21.2 Å². The number of phenolic OH excluding ortho intramolecular Hbond substituents is 1. The highest BCUT2D eigenvalue weighted by Crippen LogP contribution is 2.28. The third kappa shape index (κ3) is 3.23. The van der Waals surface area contributed by atoms with Gasteiger partial charge in [0.15, 0.2) is 0 Å². The molecule has 0 saturated heterocycles. The van der Waals surface area contributed by atoms with Crippen molar-refractivity contribution < 1.29 is 9.90 Å². The van der Waals surface area contributed by atoms with E-state index in [2.05, 4.69) is 15.5 Å². The second kappa shape index (κ2) is 5.96. The minimum Gasteiger partial charge on any atom is -0.507 e. The summed E-state index contributed by atoms with van der Waals surface area (Å²) >= 11 is 0. The average molecular weight is 307 g/mol. The van der Waals surface area contributed by atoms with Crippen molar-refractivity contribution in [3.63, 3.8) is 0 Å². The molecule has 5 heteroatoms. The molecule has 3 N–H and O–H groups in total. The van der Waals surface area contributed by atoms with Gasteiger partial charge in [-0.3, -0.25) is 9.89 Å². The van der Waals surface area contributed by atoms with Crippen LogP contribution in [0, 0.1) is 13.8 Å². The van der Waals surface area contributed by atoms with Crippen molar-refractivity contribution in [2.45, 2.75) is 13.8 Å². The Morgan fingerprint density at radius 1 is 1.09 bits per heavy atom. The summed E-state index contributed by atoms with van der Waals surface area (Å²) in [7, 11) is 0. The summed E-state index contributed by atoms with van der Waals surface area (Å²) in [5.74, 6) is -0.144. The summed E-state index contributed by atoms with van der Waals surface area (Å²) in [6, 6.07) is 14.4. The van der Waals surface area contributed by atoms with Gasteiger partial charge in [-0.05, 0) is 49.7 Å². The number of rotatable bonds is 3. The summed E-state index contributed by atoms with van der Waals surface area (Å²) in [4.78, 5) is 12.3. The molecule has 0 aliphatic heterocycles. The lowest BCUT2D eigenvalue weighted by Crippen LogP contribution is -2.12. The van der Waals surface area contributed by atoms with Crippen molar-refractivity contribution >= 4 is 11.6 Å². The average Bonchev–Trinajstić information content (AvgIpc) is 2.99. The van der Waals surface area contributed by atoms with Gasteiger partial charge in [0.2, 0.25) is 0 Å². The van der Waals surface area contributed by atoms with Crippen molar-refractivity contribution in [1.82, 2.24) is 10.2 Å². The van der Waals surface area contributed by atoms with Crippen LogP contribution in [0.4, 0.5) is 5.69 Å². The molecular weight excluding hydrogens is 290 g/mol. The maximum Gasteiger partial charge on any atom is 0.273 e. The second-order valence-corrected chi connectivity index (χ2v) is 5.51. The molecule has 1 aromatic heterocycles. The van der Waals surface area contributed by atoms with Gasteiger partial charge in [-0.15, -0.1) is 0 Å². The number of hydrogen-bond donors (Lipinski definition) is 3. The van der Waals surface area contributed by atoms with E-state index in [1.165, 1.54) is 0 Å². The second-order valence-electron chi connectivity index (χ2n) is 5.51. The Morgan fingerprint density at radius 3 is 2.65 bits per heavy atom. The molecule has 2 aromatic carbocycles. The van der Waals surface area contributed by atoms with Gasteiger partial charge in [0.25, 0.3) is 5.91 Å². The molecule has 0 aliphatic rings. The lowest BCUT2D eigenvalue weighted by Gasteiger charge is -2.04. The number of nitrogens with one attached hydrogen (secondary N) is 2. The van der Waals surface area contributed by atoms with Crippen molar-refractivity contribution in [3.8, 4) is 17.0 Å². The molecule has 0 atom stereocenters. The largest absolute Gasteiger partial charge is 0.507 e. The fourth-order valence-electron chi connectivity index (χ4n) is 2.35. The number of anilines is 1. The molecule has 0 radical (unpaired) electrons.